The molecule has 7 nitrogen and oxygen atoms in total. The number of aromatic nitrogens is 1. The van der Waals surface area contributed by atoms with E-state index in [1.165, 1.54) is 25.4 Å². The molecule has 2 aromatic rings. The van der Waals surface area contributed by atoms with Gasteiger partial charge in [-0.15, -0.1) is 0 Å². The van der Waals surface area contributed by atoms with Gasteiger partial charge in [0.2, 0.25) is 0 Å². The van der Waals surface area contributed by atoms with Gasteiger partial charge in [0.05, 0.1) is 12.7 Å². The predicted molar refractivity (Wildman–Crippen MR) is 118 cm³/mol. The SMILES string of the molecule is COC(=O)c1ccc(NC(=O)c2cc(OCC3=C=C=CC=C3)c3c(c2)OC(C)(C)C3)nc1. The minimum atomic E-state index is -0.496. The number of hydrogen-bond acceptors (Lipinski definition) is 6. The molecule has 7 heteroatoms. The number of pyridine rings is 1. The summed E-state index contributed by atoms with van der Waals surface area (Å²) in [5.41, 5.74) is 7.96. The molecule has 0 saturated heterocycles. The minimum absolute atomic E-state index is 0.296. The first kappa shape index (κ1) is 21.2. The summed E-state index contributed by atoms with van der Waals surface area (Å²) >= 11 is 0. The van der Waals surface area contributed by atoms with Gasteiger partial charge < -0.3 is 19.5 Å². The first-order valence-corrected chi connectivity index (χ1v) is 10.1. The molecular weight excluding hydrogens is 408 g/mol. The highest BCUT2D eigenvalue weighted by Crippen LogP contribution is 2.41. The van der Waals surface area contributed by atoms with Crippen molar-refractivity contribution < 1.29 is 23.8 Å². The number of ether oxygens (including phenoxy) is 3. The average molecular weight is 430 g/mol. The molecule has 32 heavy (non-hydrogen) atoms. The number of anilines is 1. The molecule has 1 amide bonds. The second kappa shape index (κ2) is 8.60. The van der Waals surface area contributed by atoms with Gasteiger partial charge in [0.15, 0.2) is 0 Å². The lowest BCUT2D eigenvalue weighted by Crippen LogP contribution is -2.24. The molecule has 1 aliphatic carbocycles. The van der Waals surface area contributed by atoms with E-state index >= 15 is 0 Å². The van der Waals surface area contributed by atoms with Gasteiger partial charge >= 0.3 is 5.97 Å². The maximum absolute atomic E-state index is 12.9. The number of nitrogens with zero attached hydrogens (tertiary/aromatic N) is 1. The number of rotatable bonds is 6. The Balaban J connectivity index is 1.57. The van der Waals surface area contributed by atoms with Crippen molar-refractivity contribution in [2.45, 2.75) is 25.9 Å². The van der Waals surface area contributed by atoms with Crippen LogP contribution in [0.2, 0.25) is 0 Å². The van der Waals surface area contributed by atoms with E-state index < -0.39 is 11.6 Å². The number of carbonyl (C=O) groups is 2. The molecule has 0 fully saturated rings. The third-order valence-electron chi connectivity index (χ3n) is 4.94. The fourth-order valence-corrected chi connectivity index (χ4v) is 3.43. The number of methoxy groups -OCH3 is 1. The summed E-state index contributed by atoms with van der Waals surface area (Å²) in [5, 5.41) is 2.73. The number of benzene rings is 1. The lowest BCUT2D eigenvalue weighted by atomic mass is 9.99. The van der Waals surface area contributed by atoms with Crippen LogP contribution in [0.15, 0.2) is 65.7 Å². The average Bonchev–Trinajstić information content (AvgIpc) is 3.12. The van der Waals surface area contributed by atoms with E-state index in [0.717, 1.165) is 11.1 Å². The highest BCUT2D eigenvalue weighted by molar-refractivity contribution is 6.04. The lowest BCUT2D eigenvalue weighted by molar-refractivity contribution is 0.0600. The molecule has 2 heterocycles. The van der Waals surface area contributed by atoms with Crippen LogP contribution < -0.4 is 14.8 Å². The standard InChI is InChI=1S/C25H22N2O5/c1-25(2)13-19-20(31-15-16-7-5-4-6-8-16)11-18(12-21(19)32-25)23(28)27-22-10-9-17(14-26-22)24(29)30-3/h4-5,7,9-12,14H,13,15H2,1-3H3,(H,26,27,28). The Morgan fingerprint density at radius 1 is 1.25 bits per heavy atom. The van der Waals surface area contributed by atoms with Crippen molar-refractivity contribution in [1.82, 2.24) is 4.98 Å². The maximum Gasteiger partial charge on any atom is 0.339 e. The number of carbonyl (C=O) groups excluding carboxylic acids is 2. The zero-order valence-electron chi connectivity index (χ0n) is 18.0. The van der Waals surface area contributed by atoms with Gasteiger partial charge in [0.25, 0.3) is 5.91 Å². The molecule has 0 unspecified atom stereocenters. The maximum atomic E-state index is 12.9. The molecular formula is C25H22N2O5. The molecule has 0 bridgehead atoms. The molecule has 0 radical (unpaired) electrons. The van der Waals surface area contributed by atoms with E-state index in [0.29, 0.717) is 41.5 Å². The van der Waals surface area contributed by atoms with E-state index in [1.54, 1.807) is 18.2 Å². The van der Waals surface area contributed by atoms with Crippen LogP contribution >= 0.6 is 0 Å². The van der Waals surface area contributed by atoms with Crippen LogP contribution in [-0.4, -0.2) is 36.2 Å². The fraction of sp³-hybridized carbons (Fsp3) is 0.240. The molecule has 1 aliphatic heterocycles. The van der Waals surface area contributed by atoms with Gasteiger partial charge in [-0.2, -0.15) is 0 Å². The third kappa shape index (κ3) is 4.65. The summed E-state index contributed by atoms with van der Waals surface area (Å²) in [7, 11) is 1.29. The second-order valence-electron chi connectivity index (χ2n) is 7.98. The van der Waals surface area contributed by atoms with Crippen LogP contribution in [0.4, 0.5) is 5.82 Å². The number of nitrogens with one attached hydrogen (secondary N) is 1. The number of fused-ring (bicyclic) bond motifs is 1. The second-order valence-corrected chi connectivity index (χ2v) is 7.98. The number of esters is 1. The number of amides is 1. The van der Waals surface area contributed by atoms with Crippen molar-refractivity contribution in [2.24, 2.45) is 0 Å². The van der Waals surface area contributed by atoms with E-state index in [4.69, 9.17) is 9.47 Å². The van der Waals surface area contributed by atoms with Crippen LogP contribution in [-0.2, 0) is 11.2 Å². The van der Waals surface area contributed by atoms with E-state index in [2.05, 4.69) is 26.5 Å². The van der Waals surface area contributed by atoms with Crippen molar-refractivity contribution in [3.8, 4) is 11.5 Å². The summed E-state index contributed by atoms with van der Waals surface area (Å²) in [4.78, 5) is 28.6. The van der Waals surface area contributed by atoms with Crippen molar-refractivity contribution in [3.63, 3.8) is 0 Å². The van der Waals surface area contributed by atoms with Crippen LogP contribution in [0.3, 0.4) is 0 Å². The van der Waals surface area contributed by atoms with Crippen molar-refractivity contribution in [1.29, 1.82) is 0 Å². The third-order valence-corrected chi connectivity index (χ3v) is 4.94. The molecule has 1 N–H and O–H groups in total. The Hall–Kier alpha value is -4.05. The fourth-order valence-electron chi connectivity index (χ4n) is 3.43. The summed E-state index contributed by atoms with van der Waals surface area (Å²) in [6.45, 7) is 4.28. The Bertz CT molecular complexity index is 1210. The predicted octanol–water partition coefficient (Wildman–Crippen LogP) is 4.02. The van der Waals surface area contributed by atoms with Gasteiger partial charge in [-0.3, -0.25) is 4.79 Å². The zero-order chi connectivity index (χ0) is 22.7. The Labute approximate surface area is 185 Å². The normalized spacial score (nSPS) is 14.9. The van der Waals surface area contributed by atoms with Gasteiger partial charge in [0.1, 0.15) is 29.5 Å². The smallest absolute Gasteiger partial charge is 0.339 e. The number of hydrogen-bond donors (Lipinski definition) is 1. The monoisotopic (exact) mass is 430 g/mol. The summed E-state index contributed by atoms with van der Waals surface area (Å²) < 4.78 is 16.7. The van der Waals surface area contributed by atoms with Crippen LogP contribution in [0, 0.1) is 0 Å². The van der Waals surface area contributed by atoms with Crippen molar-refractivity contribution >= 4 is 17.7 Å². The Morgan fingerprint density at radius 3 is 2.78 bits per heavy atom. The largest absolute Gasteiger partial charge is 0.488 e. The zero-order valence-corrected chi connectivity index (χ0v) is 18.0. The molecule has 2 aliphatic rings. The molecule has 0 saturated carbocycles. The molecule has 162 valence electrons. The number of allylic oxidation sites excluding steroid dienone is 2. The van der Waals surface area contributed by atoms with Gasteiger partial charge in [-0.25, -0.2) is 9.78 Å². The molecule has 1 aromatic carbocycles. The van der Waals surface area contributed by atoms with E-state index in [9.17, 15) is 9.59 Å². The van der Waals surface area contributed by atoms with Crippen LogP contribution in [0.5, 0.6) is 11.5 Å². The highest BCUT2D eigenvalue weighted by Gasteiger charge is 2.33. The van der Waals surface area contributed by atoms with Gasteiger partial charge in [-0.05, 0) is 50.3 Å². The van der Waals surface area contributed by atoms with Crippen LogP contribution in [0.25, 0.3) is 0 Å². The molecule has 4 rings (SSSR count). The first-order chi connectivity index (χ1) is 15.3. The Kier molecular flexibility index (Phi) is 5.69. The first-order valence-electron chi connectivity index (χ1n) is 10.1. The molecule has 1 aromatic heterocycles. The van der Waals surface area contributed by atoms with Crippen molar-refractivity contribution in [2.75, 3.05) is 19.0 Å². The minimum Gasteiger partial charge on any atom is -0.488 e. The van der Waals surface area contributed by atoms with E-state index in [-0.39, 0.29) is 5.91 Å². The van der Waals surface area contributed by atoms with Gasteiger partial charge in [0, 0.05) is 29.3 Å². The topological polar surface area (TPSA) is 86.8 Å². The summed E-state index contributed by atoms with van der Waals surface area (Å²) in [5.74, 6) is 0.647. The highest BCUT2D eigenvalue weighted by atomic mass is 16.5. The van der Waals surface area contributed by atoms with Gasteiger partial charge in [-0.1, -0.05) is 17.5 Å². The Morgan fingerprint density at radius 2 is 2.09 bits per heavy atom. The summed E-state index contributed by atoms with van der Waals surface area (Å²) in [6, 6.07) is 6.48. The lowest BCUT2D eigenvalue weighted by Gasteiger charge is -2.16. The molecule has 0 atom stereocenters. The summed E-state index contributed by atoms with van der Waals surface area (Å²) in [6.07, 6.45) is 7.55. The molecule has 0 spiro atoms. The quantitative estimate of drug-likeness (QED) is 0.550. The van der Waals surface area contributed by atoms with Crippen molar-refractivity contribution in [3.05, 3.63) is 82.4 Å². The van der Waals surface area contributed by atoms with E-state index in [1.807, 2.05) is 26.0 Å². The van der Waals surface area contributed by atoms with Crippen LogP contribution in [0.1, 0.15) is 40.1 Å².